The van der Waals surface area contributed by atoms with E-state index in [2.05, 4.69) is 10.2 Å². The number of ether oxygens (including phenoxy) is 2. The van der Waals surface area contributed by atoms with Crippen molar-refractivity contribution in [2.24, 2.45) is 0 Å². The fourth-order valence-corrected chi connectivity index (χ4v) is 2.86. The molecule has 124 valence electrons. The zero-order chi connectivity index (χ0) is 16.7. The van der Waals surface area contributed by atoms with Gasteiger partial charge in [0, 0.05) is 6.54 Å². The maximum absolute atomic E-state index is 11.4. The Balaban J connectivity index is 2.00. The second-order valence-electron chi connectivity index (χ2n) is 4.79. The molecule has 0 saturated carbocycles. The van der Waals surface area contributed by atoms with Crippen molar-refractivity contribution in [2.45, 2.75) is 39.1 Å². The van der Waals surface area contributed by atoms with Gasteiger partial charge in [0.25, 0.3) is 0 Å². The number of rotatable bonds is 8. The highest BCUT2D eigenvalue weighted by Crippen LogP contribution is 2.20. The number of benzene rings is 1. The average Bonchev–Trinajstić information content (AvgIpc) is 2.94. The first-order valence-electron chi connectivity index (χ1n) is 7.54. The molecule has 0 amide bonds. The molecule has 0 N–H and O–H groups in total. The van der Waals surface area contributed by atoms with Crippen LogP contribution >= 0.6 is 11.8 Å². The summed E-state index contributed by atoms with van der Waals surface area (Å²) in [7, 11) is 0. The van der Waals surface area contributed by atoms with Gasteiger partial charge in [0.15, 0.2) is 11.0 Å². The molecular formula is C16H21N3O3S. The number of aryl methyl sites for hydroxylation is 1. The standard InChI is InChI=1S/C16H21N3O3S/c1-4-19-14(10-22-13-9-7-6-8-12(13)3)17-18-16(19)23-11-15(20)21-5-2/h6-9H,4-5,10-11H2,1-3H3. The summed E-state index contributed by atoms with van der Waals surface area (Å²) in [6.45, 7) is 7.24. The molecule has 0 saturated heterocycles. The fraction of sp³-hybridized carbons (Fsp3) is 0.438. The van der Waals surface area contributed by atoms with Gasteiger partial charge in [-0.15, -0.1) is 10.2 Å². The van der Waals surface area contributed by atoms with Crippen LogP contribution in [0.1, 0.15) is 25.2 Å². The van der Waals surface area contributed by atoms with Gasteiger partial charge in [0.1, 0.15) is 12.4 Å². The zero-order valence-corrected chi connectivity index (χ0v) is 14.4. The minimum Gasteiger partial charge on any atom is -0.485 e. The number of esters is 1. The lowest BCUT2D eigenvalue weighted by Crippen LogP contribution is -2.10. The summed E-state index contributed by atoms with van der Waals surface area (Å²) in [5, 5.41) is 9.01. The normalized spacial score (nSPS) is 10.6. The predicted octanol–water partition coefficient (Wildman–Crippen LogP) is 2.84. The second kappa shape index (κ2) is 8.57. The van der Waals surface area contributed by atoms with E-state index in [1.165, 1.54) is 11.8 Å². The van der Waals surface area contributed by atoms with Crippen molar-refractivity contribution in [2.75, 3.05) is 12.4 Å². The average molecular weight is 335 g/mol. The molecule has 1 aromatic heterocycles. The van der Waals surface area contributed by atoms with Crippen LogP contribution in [0.25, 0.3) is 0 Å². The molecule has 0 spiro atoms. The van der Waals surface area contributed by atoms with Crippen molar-refractivity contribution in [3.05, 3.63) is 35.7 Å². The molecule has 2 aromatic rings. The SMILES string of the molecule is CCOC(=O)CSc1nnc(COc2ccccc2C)n1CC. The van der Waals surface area contributed by atoms with Crippen LogP contribution in [0, 0.1) is 6.92 Å². The van der Waals surface area contributed by atoms with E-state index in [9.17, 15) is 4.79 Å². The number of thioether (sulfide) groups is 1. The van der Waals surface area contributed by atoms with Crippen LogP contribution in [-0.4, -0.2) is 33.1 Å². The Labute approximate surface area is 140 Å². The van der Waals surface area contributed by atoms with Gasteiger partial charge in [-0.2, -0.15) is 0 Å². The van der Waals surface area contributed by atoms with E-state index in [0.29, 0.717) is 24.9 Å². The van der Waals surface area contributed by atoms with Gasteiger partial charge in [0.05, 0.1) is 12.4 Å². The van der Waals surface area contributed by atoms with Gasteiger partial charge in [-0.25, -0.2) is 0 Å². The smallest absolute Gasteiger partial charge is 0.316 e. The van der Waals surface area contributed by atoms with E-state index < -0.39 is 0 Å². The topological polar surface area (TPSA) is 66.2 Å². The zero-order valence-electron chi connectivity index (χ0n) is 13.6. The Hall–Kier alpha value is -2.02. The molecule has 0 radical (unpaired) electrons. The highest BCUT2D eigenvalue weighted by atomic mass is 32.2. The number of hydrogen-bond donors (Lipinski definition) is 0. The van der Waals surface area contributed by atoms with Crippen LogP contribution < -0.4 is 4.74 Å². The quantitative estimate of drug-likeness (QED) is 0.546. The van der Waals surface area contributed by atoms with E-state index in [0.717, 1.165) is 17.1 Å². The Morgan fingerprint density at radius 3 is 2.74 bits per heavy atom. The number of para-hydroxylation sites is 1. The van der Waals surface area contributed by atoms with Crippen LogP contribution in [0.15, 0.2) is 29.4 Å². The van der Waals surface area contributed by atoms with Gasteiger partial charge in [-0.1, -0.05) is 30.0 Å². The Bertz CT molecular complexity index is 658. The number of carbonyl (C=O) groups excluding carboxylic acids is 1. The monoisotopic (exact) mass is 335 g/mol. The van der Waals surface area contributed by atoms with Crippen molar-refractivity contribution >= 4 is 17.7 Å². The van der Waals surface area contributed by atoms with Crippen LogP contribution in [0.4, 0.5) is 0 Å². The van der Waals surface area contributed by atoms with Crippen molar-refractivity contribution in [3.63, 3.8) is 0 Å². The Kier molecular flexibility index (Phi) is 6.46. The summed E-state index contributed by atoms with van der Waals surface area (Å²) in [5.74, 6) is 1.55. The molecule has 1 heterocycles. The highest BCUT2D eigenvalue weighted by Gasteiger charge is 2.14. The third-order valence-corrected chi connectivity index (χ3v) is 4.12. The van der Waals surface area contributed by atoms with Crippen molar-refractivity contribution in [3.8, 4) is 5.75 Å². The summed E-state index contributed by atoms with van der Waals surface area (Å²) < 4.78 is 12.7. The van der Waals surface area contributed by atoms with Crippen LogP contribution in [-0.2, 0) is 22.7 Å². The summed E-state index contributed by atoms with van der Waals surface area (Å²) >= 11 is 1.32. The molecule has 0 unspecified atom stereocenters. The van der Waals surface area contributed by atoms with Gasteiger partial charge in [-0.05, 0) is 32.4 Å². The van der Waals surface area contributed by atoms with E-state index in [1.807, 2.05) is 42.7 Å². The van der Waals surface area contributed by atoms with Gasteiger partial charge in [-0.3, -0.25) is 4.79 Å². The molecule has 0 aliphatic heterocycles. The molecule has 0 atom stereocenters. The summed E-state index contributed by atoms with van der Waals surface area (Å²) in [5.41, 5.74) is 1.08. The van der Waals surface area contributed by atoms with Crippen molar-refractivity contribution in [1.82, 2.24) is 14.8 Å². The van der Waals surface area contributed by atoms with E-state index in [4.69, 9.17) is 9.47 Å². The van der Waals surface area contributed by atoms with Gasteiger partial charge >= 0.3 is 5.97 Å². The summed E-state index contributed by atoms with van der Waals surface area (Å²) in [6.07, 6.45) is 0. The minimum absolute atomic E-state index is 0.227. The van der Waals surface area contributed by atoms with Crippen molar-refractivity contribution in [1.29, 1.82) is 0 Å². The first-order valence-corrected chi connectivity index (χ1v) is 8.53. The highest BCUT2D eigenvalue weighted by molar-refractivity contribution is 7.99. The lowest BCUT2D eigenvalue weighted by atomic mass is 10.2. The molecule has 1 aromatic carbocycles. The lowest BCUT2D eigenvalue weighted by molar-refractivity contribution is -0.139. The summed E-state index contributed by atoms with van der Waals surface area (Å²) in [4.78, 5) is 11.4. The number of nitrogens with zero attached hydrogens (tertiary/aromatic N) is 3. The molecule has 0 fully saturated rings. The van der Waals surface area contributed by atoms with E-state index >= 15 is 0 Å². The number of hydrogen-bond acceptors (Lipinski definition) is 6. The third kappa shape index (κ3) is 4.72. The summed E-state index contributed by atoms with van der Waals surface area (Å²) in [6, 6.07) is 7.84. The molecular weight excluding hydrogens is 314 g/mol. The molecule has 0 aliphatic carbocycles. The molecule has 7 heteroatoms. The molecule has 0 aliphatic rings. The largest absolute Gasteiger partial charge is 0.485 e. The van der Waals surface area contributed by atoms with Crippen LogP contribution in [0.5, 0.6) is 5.75 Å². The maximum atomic E-state index is 11.4. The first kappa shape index (κ1) is 17.3. The molecule has 0 bridgehead atoms. The molecule has 23 heavy (non-hydrogen) atoms. The second-order valence-corrected chi connectivity index (χ2v) is 5.73. The number of aromatic nitrogens is 3. The fourth-order valence-electron chi connectivity index (χ4n) is 2.04. The molecule has 6 nitrogen and oxygen atoms in total. The lowest BCUT2D eigenvalue weighted by Gasteiger charge is -2.10. The Morgan fingerprint density at radius 1 is 1.26 bits per heavy atom. The van der Waals surface area contributed by atoms with Gasteiger partial charge in [0.2, 0.25) is 0 Å². The maximum Gasteiger partial charge on any atom is 0.316 e. The first-order chi connectivity index (χ1) is 11.2. The minimum atomic E-state index is -0.249. The molecule has 2 rings (SSSR count). The van der Waals surface area contributed by atoms with Crippen LogP contribution in [0.2, 0.25) is 0 Å². The third-order valence-electron chi connectivity index (χ3n) is 3.18. The van der Waals surface area contributed by atoms with Gasteiger partial charge < -0.3 is 14.0 Å². The van der Waals surface area contributed by atoms with E-state index in [1.54, 1.807) is 6.92 Å². The van der Waals surface area contributed by atoms with Crippen LogP contribution in [0.3, 0.4) is 0 Å². The number of carbonyl (C=O) groups is 1. The van der Waals surface area contributed by atoms with Crippen molar-refractivity contribution < 1.29 is 14.3 Å². The Morgan fingerprint density at radius 2 is 2.04 bits per heavy atom. The van der Waals surface area contributed by atoms with E-state index in [-0.39, 0.29) is 11.7 Å². The predicted molar refractivity (Wildman–Crippen MR) is 88.6 cm³/mol.